The quantitative estimate of drug-likeness (QED) is 0.865. The van der Waals surface area contributed by atoms with E-state index in [2.05, 4.69) is 10.3 Å². The van der Waals surface area contributed by atoms with Crippen LogP contribution in [0.25, 0.3) is 0 Å². The Bertz CT molecular complexity index is 400. The Balaban J connectivity index is 2.02. The highest BCUT2D eigenvalue weighted by molar-refractivity contribution is 7.09. The first-order valence-corrected chi connectivity index (χ1v) is 5.48. The fourth-order valence-corrected chi connectivity index (χ4v) is 1.85. The van der Waals surface area contributed by atoms with Crippen LogP contribution in [0.3, 0.4) is 0 Å². The van der Waals surface area contributed by atoms with Gasteiger partial charge >= 0.3 is 0 Å². The van der Waals surface area contributed by atoms with Crippen molar-refractivity contribution in [3.63, 3.8) is 0 Å². The minimum atomic E-state index is 0.747. The predicted molar refractivity (Wildman–Crippen MR) is 60.9 cm³/mol. The largest absolute Gasteiger partial charge is 0.379 e. The van der Waals surface area contributed by atoms with E-state index in [1.165, 1.54) is 4.88 Å². The second-order valence-electron chi connectivity index (χ2n) is 2.80. The Labute approximate surface area is 91.6 Å². The van der Waals surface area contributed by atoms with Crippen molar-refractivity contribution in [3.05, 3.63) is 45.9 Å². The second-order valence-corrected chi connectivity index (χ2v) is 4.18. The maximum atomic E-state index is 5.99. The number of para-hydroxylation sites is 1. The molecule has 0 amide bonds. The van der Waals surface area contributed by atoms with E-state index in [1.54, 1.807) is 11.3 Å². The van der Waals surface area contributed by atoms with Crippen LogP contribution in [0.15, 0.2) is 36.0 Å². The van der Waals surface area contributed by atoms with Gasteiger partial charge in [0.15, 0.2) is 0 Å². The van der Waals surface area contributed by atoms with E-state index in [4.69, 9.17) is 11.6 Å². The third-order valence-electron chi connectivity index (χ3n) is 1.81. The molecule has 72 valence electrons. The lowest BCUT2D eigenvalue weighted by Gasteiger charge is -2.05. The van der Waals surface area contributed by atoms with Gasteiger partial charge in [0.05, 0.1) is 22.8 Å². The summed E-state index contributed by atoms with van der Waals surface area (Å²) in [5, 5.41) is 4.00. The summed E-state index contributed by atoms with van der Waals surface area (Å²) in [5.41, 5.74) is 2.78. The molecular formula is C10H9ClN2S. The van der Waals surface area contributed by atoms with E-state index in [1.807, 2.05) is 36.0 Å². The SMILES string of the molecule is Clc1ccccc1NCc1cncs1. The van der Waals surface area contributed by atoms with E-state index in [9.17, 15) is 0 Å². The van der Waals surface area contributed by atoms with Crippen LogP contribution in [0.5, 0.6) is 0 Å². The van der Waals surface area contributed by atoms with Crippen LogP contribution in [0, 0.1) is 0 Å². The number of aromatic nitrogens is 1. The van der Waals surface area contributed by atoms with Crippen LogP contribution in [-0.2, 0) is 6.54 Å². The molecular weight excluding hydrogens is 216 g/mol. The number of benzene rings is 1. The normalized spacial score (nSPS) is 10.1. The summed E-state index contributed by atoms with van der Waals surface area (Å²) in [4.78, 5) is 5.20. The Morgan fingerprint density at radius 3 is 2.93 bits per heavy atom. The monoisotopic (exact) mass is 224 g/mol. The van der Waals surface area contributed by atoms with Crippen molar-refractivity contribution in [2.45, 2.75) is 6.54 Å². The van der Waals surface area contributed by atoms with E-state index in [-0.39, 0.29) is 0 Å². The number of hydrogen-bond acceptors (Lipinski definition) is 3. The number of nitrogens with zero attached hydrogens (tertiary/aromatic N) is 1. The summed E-state index contributed by atoms with van der Waals surface area (Å²) in [6, 6.07) is 7.71. The van der Waals surface area contributed by atoms with Crippen molar-refractivity contribution >= 4 is 28.6 Å². The third kappa shape index (κ3) is 2.25. The van der Waals surface area contributed by atoms with Crippen molar-refractivity contribution in [2.24, 2.45) is 0 Å². The van der Waals surface area contributed by atoms with Crippen molar-refractivity contribution in [1.82, 2.24) is 4.98 Å². The fourth-order valence-electron chi connectivity index (χ4n) is 1.12. The smallest absolute Gasteiger partial charge is 0.0794 e. The lowest BCUT2D eigenvalue weighted by molar-refractivity contribution is 1.17. The number of rotatable bonds is 3. The van der Waals surface area contributed by atoms with Gasteiger partial charge in [-0.15, -0.1) is 11.3 Å². The molecule has 0 aliphatic rings. The Morgan fingerprint density at radius 1 is 1.36 bits per heavy atom. The highest BCUT2D eigenvalue weighted by atomic mass is 35.5. The molecule has 0 aliphatic heterocycles. The van der Waals surface area contributed by atoms with Crippen molar-refractivity contribution < 1.29 is 0 Å². The number of nitrogens with one attached hydrogen (secondary N) is 1. The average Bonchev–Trinajstić information content (AvgIpc) is 2.69. The molecule has 0 fully saturated rings. The molecule has 2 nitrogen and oxygen atoms in total. The molecule has 1 aromatic carbocycles. The van der Waals surface area contributed by atoms with Gasteiger partial charge in [0.2, 0.25) is 0 Å². The molecule has 0 bridgehead atoms. The minimum absolute atomic E-state index is 0.747. The van der Waals surface area contributed by atoms with Gasteiger partial charge < -0.3 is 5.32 Å². The first-order valence-electron chi connectivity index (χ1n) is 4.22. The van der Waals surface area contributed by atoms with Gasteiger partial charge in [-0.25, -0.2) is 0 Å². The fraction of sp³-hybridized carbons (Fsp3) is 0.100. The van der Waals surface area contributed by atoms with Crippen LogP contribution in [0.2, 0.25) is 5.02 Å². The summed E-state index contributed by atoms with van der Waals surface area (Å²) in [6.45, 7) is 0.772. The average molecular weight is 225 g/mol. The minimum Gasteiger partial charge on any atom is -0.379 e. The van der Waals surface area contributed by atoms with Gasteiger partial charge in [0.1, 0.15) is 0 Å². The molecule has 0 saturated heterocycles. The van der Waals surface area contributed by atoms with E-state index < -0.39 is 0 Å². The molecule has 14 heavy (non-hydrogen) atoms. The Hall–Kier alpha value is -1.06. The molecule has 0 atom stereocenters. The molecule has 4 heteroatoms. The maximum Gasteiger partial charge on any atom is 0.0794 e. The topological polar surface area (TPSA) is 24.9 Å². The predicted octanol–water partition coefficient (Wildman–Crippen LogP) is 3.41. The number of hydrogen-bond donors (Lipinski definition) is 1. The lowest BCUT2D eigenvalue weighted by Crippen LogP contribution is -1.97. The van der Waals surface area contributed by atoms with E-state index >= 15 is 0 Å². The molecule has 0 radical (unpaired) electrons. The third-order valence-corrected chi connectivity index (χ3v) is 2.92. The molecule has 2 aromatic rings. The Morgan fingerprint density at radius 2 is 2.21 bits per heavy atom. The van der Waals surface area contributed by atoms with Crippen LogP contribution in [-0.4, -0.2) is 4.98 Å². The van der Waals surface area contributed by atoms with Gasteiger partial charge in [-0.2, -0.15) is 0 Å². The number of thiazole rings is 1. The summed E-state index contributed by atoms with van der Waals surface area (Å²) in [5.74, 6) is 0. The highest BCUT2D eigenvalue weighted by Gasteiger charge is 1.98. The van der Waals surface area contributed by atoms with Crippen molar-refractivity contribution in [3.8, 4) is 0 Å². The van der Waals surface area contributed by atoms with Crippen molar-refractivity contribution in [1.29, 1.82) is 0 Å². The zero-order valence-corrected chi connectivity index (χ0v) is 8.98. The van der Waals surface area contributed by atoms with Gasteiger partial charge in [0, 0.05) is 11.1 Å². The number of anilines is 1. The summed E-state index contributed by atoms with van der Waals surface area (Å²) >= 11 is 7.62. The van der Waals surface area contributed by atoms with Crippen LogP contribution in [0.4, 0.5) is 5.69 Å². The van der Waals surface area contributed by atoms with Gasteiger partial charge in [-0.05, 0) is 12.1 Å². The first kappa shape index (κ1) is 9.49. The summed E-state index contributed by atoms with van der Waals surface area (Å²) in [7, 11) is 0. The molecule has 1 heterocycles. The summed E-state index contributed by atoms with van der Waals surface area (Å²) in [6.07, 6.45) is 1.86. The molecule has 2 rings (SSSR count). The van der Waals surface area contributed by atoms with Crippen LogP contribution in [0.1, 0.15) is 4.88 Å². The molecule has 0 unspecified atom stereocenters. The second kappa shape index (κ2) is 4.44. The van der Waals surface area contributed by atoms with E-state index in [0.29, 0.717) is 0 Å². The zero-order valence-electron chi connectivity index (χ0n) is 7.40. The van der Waals surface area contributed by atoms with E-state index in [0.717, 1.165) is 17.3 Å². The maximum absolute atomic E-state index is 5.99. The molecule has 1 aromatic heterocycles. The highest BCUT2D eigenvalue weighted by Crippen LogP contribution is 2.21. The van der Waals surface area contributed by atoms with Crippen molar-refractivity contribution in [2.75, 3.05) is 5.32 Å². The molecule has 1 N–H and O–H groups in total. The zero-order chi connectivity index (χ0) is 9.80. The Kier molecular flexibility index (Phi) is 3.01. The van der Waals surface area contributed by atoms with Crippen LogP contribution >= 0.6 is 22.9 Å². The van der Waals surface area contributed by atoms with Gasteiger partial charge in [0.25, 0.3) is 0 Å². The van der Waals surface area contributed by atoms with Crippen LogP contribution < -0.4 is 5.32 Å². The summed E-state index contributed by atoms with van der Waals surface area (Å²) < 4.78 is 0. The lowest BCUT2D eigenvalue weighted by atomic mass is 10.3. The van der Waals surface area contributed by atoms with Gasteiger partial charge in [-0.1, -0.05) is 23.7 Å². The molecule has 0 saturated carbocycles. The number of halogens is 1. The standard InChI is InChI=1S/C10H9ClN2S/c11-9-3-1-2-4-10(9)13-6-8-5-12-7-14-8/h1-5,7,13H,6H2. The van der Waals surface area contributed by atoms with Gasteiger partial charge in [-0.3, -0.25) is 4.98 Å². The molecule has 0 spiro atoms. The first-order chi connectivity index (χ1) is 6.86. The molecule has 0 aliphatic carbocycles.